The van der Waals surface area contributed by atoms with E-state index in [1.807, 2.05) is 0 Å². The number of ether oxygens (including phenoxy) is 1. The van der Waals surface area contributed by atoms with Crippen LogP contribution in [-0.4, -0.2) is 24.3 Å². The number of rotatable bonds is 7. The Kier molecular flexibility index (Phi) is 6.13. The van der Waals surface area contributed by atoms with Crippen molar-refractivity contribution in [2.24, 2.45) is 17.3 Å². The van der Waals surface area contributed by atoms with Gasteiger partial charge in [0.2, 0.25) is 0 Å². The molecule has 0 bridgehead atoms. The Bertz CT molecular complexity index is 252. The van der Waals surface area contributed by atoms with Crippen molar-refractivity contribution in [1.29, 1.82) is 0 Å². The van der Waals surface area contributed by atoms with E-state index in [2.05, 4.69) is 20.8 Å². The van der Waals surface area contributed by atoms with Crippen molar-refractivity contribution < 1.29 is 14.6 Å². The van der Waals surface area contributed by atoms with Crippen LogP contribution in [0.1, 0.15) is 59.3 Å². The molecule has 1 N–H and O–H groups in total. The van der Waals surface area contributed by atoms with Crippen molar-refractivity contribution in [2.45, 2.75) is 59.3 Å². The van der Waals surface area contributed by atoms with Crippen molar-refractivity contribution in [3.8, 4) is 0 Å². The molecular formula is C15H28O3. The Morgan fingerprint density at radius 3 is 2.44 bits per heavy atom. The predicted octanol–water partition coefficient (Wildman–Crippen LogP) is 3.72. The van der Waals surface area contributed by atoms with Gasteiger partial charge in [-0.3, -0.25) is 4.79 Å². The minimum atomic E-state index is -0.620. The molecule has 1 aliphatic rings. The average Bonchev–Trinajstić information content (AvgIpc) is 2.35. The minimum Gasteiger partial charge on any atom is -0.481 e. The molecule has 1 fully saturated rings. The molecule has 106 valence electrons. The van der Waals surface area contributed by atoms with Crippen molar-refractivity contribution in [1.82, 2.24) is 0 Å². The number of aliphatic carboxylic acids is 1. The van der Waals surface area contributed by atoms with Crippen LogP contribution in [0.5, 0.6) is 0 Å². The molecule has 0 atom stereocenters. The molecule has 0 heterocycles. The van der Waals surface area contributed by atoms with Crippen molar-refractivity contribution in [2.75, 3.05) is 13.2 Å². The molecular weight excluding hydrogens is 228 g/mol. The molecule has 18 heavy (non-hydrogen) atoms. The van der Waals surface area contributed by atoms with Gasteiger partial charge in [0, 0.05) is 13.2 Å². The maximum atomic E-state index is 11.5. The Morgan fingerprint density at radius 2 is 2.00 bits per heavy atom. The van der Waals surface area contributed by atoms with E-state index >= 15 is 0 Å². The zero-order chi connectivity index (χ0) is 13.6. The first-order valence-electron chi connectivity index (χ1n) is 7.31. The highest BCUT2D eigenvalue weighted by molar-refractivity contribution is 5.74. The van der Waals surface area contributed by atoms with E-state index in [1.165, 1.54) is 6.42 Å². The quantitative estimate of drug-likeness (QED) is 0.706. The van der Waals surface area contributed by atoms with Crippen LogP contribution in [0.3, 0.4) is 0 Å². The number of carboxylic acids is 1. The molecule has 0 saturated heterocycles. The van der Waals surface area contributed by atoms with Crippen molar-refractivity contribution in [3.63, 3.8) is 0 Å². The van der Waals surface area contributed by atoms with Crippen molar-refractivity contribution in [3.05, 3.63) is 0 Å². The summed E-state index contributed by atoms with van der Waals surface area (Å²) < 4.78 is 5.56. The highest BCUT2D eigenvalue weighted by atomic mass is 16.5. The third-order valence-corrected chi connectivity index (χ3v) is 4.27. The second kappa shape index (κ2) is 7.13. The Balaban J connectivity index is 2.42. The molecule has 0 radical (unpaired) electrons. The van der Waals surface area contributed by atoms with Crippen LogP contribution >= 0.6 is 0 Å². The average molecular weight is 256 g/mol. The van der Waals surface area contributed by atoms with Gasteiger partial charge >= 0.3 is 5.97 Å². The van der Waals surface area contributed by atoms with E-state index in [4.69, 9.17) is 4.74 Å². The van der Waals surface area contributed by atoms with E-state index in [0.717, 1.165) is 38.2 Å². The van der Waals surface area contributed by atoms with Gasteiger partial charge in [-0.2, -0.15) is 0 Å². The number of hydrogen-bond acceptors (Lipinski definition) is 2. The zero-order valence-electron chi connectivity index (χ0n) is 12.1. The maximum absolute atomic E-state index is 11.5. The van der Waals surface area contributed by atoms with Gasteiger partial charge in [0.1, 0.15) is 0 Å². The smallest absolute Gasteiger partial charge is 0.309 e. The van der Waals surface area contributed by atoms with Gasteiger partial charge in [0.15, 0.2) is 0 Å². The summed E-state index contributed by atoms with van der Waals surface area (Å²) in [6.07, 6.45) is 5.63. The minimum absolute atomic E-state index is 0.511. The summed E-state index contributed by atoms with van der Waals surface area (Å²) in [6, 6.07) is 0. The van der Waals surface area contributed by atoms with Gasteiger partial charge in [-0.15, -0.1) is 0 Å². The normalized spacial score (nSPS) is 28.6. The van der Waals surface area contributed by atoms with Gasteiger partial charge in [0.05, 0.1) is 5.41 Å². The molecule has 1 aliphatic carbocycles. The number of carbonyl (C=O) groups is 1. The Hall–Kier alpha value is -0.570. The highest BCUT2D eigenvalue weighted by Crippen LogP contribution is 2.42. The van der Waals surface area contributed by atoms with Crippen LogP contribution in [0.2, 0.25) is 0 Å². The maximum Gasteiger partial charge on any atom is 0.309 e. The molecule has 0 spiro atoms. The van der Waals surface area contributed by atoms with Crippen LogP contribution in [-0.2, 0) is 9.53 Å². The lowest BCUT2D eigenvalue weighted by Crippen LogP contribution is -2.36. The first kappa shape index (κ1) is 15.5. The molecule has 3 heteroatoms. The summed E-state index contributed by atoms with van der Waals surface area (Å²) in [5.41, 5.74) is -0.511. The Labute approximate surface area is 111 Å². The van der Waals surface area contributed by atoms with Gasteiger partial charge in [-0.05, 0) is 43.9 Å². The lowest BCUT2D eigenvalue weighted by atomic mass is 9.68. The molecule has 0 aromatic rings. The van der Waals surface area contributed by atoms with Crippen LogP contribution < -0.4 is 0 Å². The third-order valence-electron chi connectivity index (χ3n) is 4.27. The van der Waals surface area contributed by atoms with Crippen LogP contribution in [0, 0.1) is 17.3 Å². The molecule has 1 rings (SSSR count). The van der Waals surface area contributed by atoms with Crippen LogP contribution in [0.25, 0.3) is 0 Å². The highest BCUT2D eigenvalue weighted by Gasteiger charge is 2.41. The van der Waals surface area contributed by atoms with E-state index in [9.17, 15) is 9.90 Å². The van der Waals surface area contributed by atoms with E-state index in [0.29, 0.717) is 18.9 Å². The van der Waals surface area contributed by atoms with Crippen LogP contribution in [0.4, 0.5) is 0 Å². The lowest BCUT2D eigenvalue weighted by Gasteiger charge is -2.36. The van der Waals surface area contributed by atoms with Gasteiger partial charge in [0.25, 0.3) is 0 Å². The standard InChI is InChI=1S/C15H28O3/c1-4-13-5-7-15(8-6-13,14(16)17)9-10-18-11-12(2)3/h12-13H,4-11H2,1-3H3,(H,16,17). The lowest BCUT2D eigenvalue weighted by molar-refractivity contribution is -0.153. The molecule has 0 aromatic heterocycles. The topological polar surface area (TPSA) is 46.5 Å². The Morgan fingerprint density at radius 1 is 1.39 bits per heavy atom. The fourth-order valence-electron chi connectivity index (χ4n) is 2.80. The molecule has 1 saturated carbocycles. The second-order valence-corrected chi connectivity index (χ2v) is 6.16. The fraction of sp³-hybridized carbons (Fsp3) is 0.933. The predicted molar refractivity (Wildman–Crippen MR) is 72.6 cm³/mol. The number of hydrogen-bond donors (Lipinski definition) is 1. The van der Waals surface area contributed by atoms with E-state index in [1.54, 1.807) is 0 Å². The van der Waals surface area contributed by atoms with E-state index < -0.39 is 11.4 Å². The van der Waals surface area contributed by atoms with Gasteiger partial charge in [-0.1, -0.05) is 27.2 Å². The summed E-state index contributed by atoms with van der Waals surface area (Å²) in [5, 5.41) is 9.50. The zero-order valence-corrected chi connectivity index (χ0v) is 12.1. The summed E-state index contributed by atoms with van der Waals surface area (Å²) in [4.78, 5) is 11.5. The molecule has 0 aliphatic heterocycles. The summed E-state index contributed by atoms with van der Waals surface area (Å²) in [7, 11) is 0. The van der Waals surface area contributed by atoms with Gasteiger partial charge in [-0.25, -0.2) is 0 Å². The first-order valence-corrected chi connectivity index (χ1v) is 7.31. The molecule has 0 aromatic carbocycles. The SMILES string of the molecule is CCC1CCC(CCOCC(C)C)(C(=O)O)CC1. The summed E-state index contributed by atoms with van der Waals surface area (Å²) >= 11 is 0. The van der Waals surface area contributed by atoms with Gasteiger partial charge < -0.3 is 9.84 Å². The van der Waals surface area contributed by atoms with E-state index in [-0.39, 0.29) is 0 Å². The monoisotopic (exact) mass is 256 g/mol. The third kappa shape index (κ3) is 4.27. The fourth-order valence-corrected chi connectivity index (χ4v) is 2.80. The summed E-state index contributed by atoms with van der Waals surface area (Å²) in [6.45, 7) is 7.73. The molecule has 0 amide bonds. The first-order chi connectivity index (χ1) is 8.50. The molecule has 0 unspecified atom stereocenters. The second-order valence-electron chi connectivity index (χ2n) is 6.16. The van der Waals surface area contributed by atoms with Crippen molar-refractivity contribution >= 4 is 5.97 Å². The summed E-state index contributed by atoms with van der Waals surface area (Å²) in [5.74, 6) is 0.626. The molecule has 3 nitrogen and oxygen atoms in total. The largest absolute Gasteiger partial charge is 0.481 e. The van der Waals surface area contributed by atoms with Crippen LogP contribution in [0.15, 0.2) is 0 Å². The number of carboxylic acid groups (broad SMARTS) is 1.